The molecule has 0 saturated carbocycles. The van der Waals surface area contributed by atoms with Gasteiger partial charge in [-0.15, -0.1) is 0 Å². The van der Waals surface area contributed by atoms with Crippen molar-refractivity contribution in [3.63, 3.8) is 0 Å². The van der Waals surface area contributed by atoms with Gasteiger partial charge in [0.25, 0.3) is 7.82 Å². The van der Waals surface area contributed by atoms with Crippen LogP contribution in [0, 0.1) is 0 Å². The average Bonchev–Trinajstić information content (AvgIpc) is 3.43. The van der Waals surface area contributed by atoms with Gasteiger partial charge in [-0.3, -0.25) is 14.2 Å². The first-order chi connectivity index (χ1) is 39.5. The summed E-state index contributed by atoms with van der Waals surface area (Å²) in [6.07, 6.45) is 78.5. The maximum absolute atomic E-state index is 12.9. The third-order valence-electron chi connectivity index (χ3n) is 16.2. The summed E-state index contributed by atoms with van der Waals surface area (Å²) in [6, 6.07) is 0. The number of esters is 2. The number of carbonyl (C=O) groups is 2. The molecule has 0 fully saturated rings. The number of quaternary nitrogens is 1. The molecule has 0 heterocycles. The lowest BCUT2D eigenvalue weighted by atomic mass is 10.0. The van der Waals surface area contributed by atoms with Crippen molar-refractivity contribution in [1.29, 1.82) is 0 Å². The highest BCUT2D eigenvalue weighted by Gasteiger charge is 2.22. The van der Waals surface area contributed by atoms with Gasteiger partial charge >= 0.3 is 11.9 Å². The molecular formula is C71H138NO8P. The number of carbonyl (C=O) groups excluding carboxylic acids is 2. The maximum Gasteiger partial charge on any atom is 0.306 e. The van der Waals surface area contributed by atoms with Crippen molar-refractivity contribution in [2.45, 2.75) is 373 Å². The van der Waals surface area contributed by atoms with Gasteiger partial charge in [0.1, 0.15) is 19.8 Å². The van der Waals surface area contributed by atoms with Gasteiger partial charge in [0, 0.05) is 12.8 Å². The molecule has 0 rings (SSSR count). The van der Waals surface area contributed by atoms with Crippen LogP contribution in [-0.2, 0) is 32.7 Å². The zero-order valence-corrected chi connectivity index (χ0v) is 55.7. The lowest BCUT2D eigenvalue weighted by molar-refractivity contribution is -0.870. The van der Waals surface area contributed by atoms with E-state index in [4.69, 9.17) is 18.5 Å². The van der Waals surface area contributed by atoms with Crippen molar-refractivity contribution >= 4 is 19.8 Å². The third-order valence-corrected chi connectivity index (χ3v) is 17.2. The van der Waals surface area contributed by atoms with Crippen LogP contribution < -0.4 is 4.89 Å². The lowest BCUT2D eigenvalue weighted by Crippen LogP contribution is -2.37. The third kappa shape index (κ3) is 67.5. The highest BCUT2D eigenvalue weighted by Crippen LogP contribution is 2.38. The second-order valence-electron chi connectivity index (χ2n) is 25.6. The number of likely N-dealkylation sites (N-methyl/N-ethyl adjacent to an activating group) is 1. The molecule has 2 atom stereocenters. The van der Waals surface area contributed by atoms with Crippen molar-refractivity contribution in [3.8, 4) is 0 Å². The number of nitrogens with zero attached hydrogens (tertiary/aromatic N) is 1. The summed E-state index contributed by atoms with van der Waals surface area (Å²) in [5.41, 5.74) is 0. The fourth-order valence-corrected chi connectivity index (χ4v) is 11.5. The molecule has 0 aromatic carbocycles. The Balaban J connectivity index is 3.92. The predicted molar refractivity (Wildman–Crippen MR) is 347 cm³/mol. The molecule has 0 aromatic heterocycles. The molecule has 0 N–H and O–H groups in total. The van der Waals surface area contributed by atoms with Crippen LogP contribution >= 0.6 is 7.82 Å². The van der Waals surface area contributed by atoms with E-state index in [2.05, 4.69) is 38.2 Å². The summed E-state index contributed by atoms with van der Waals surface area (Å²) >= 11 is 0. The lowest BCUT2D eigenvalue weighted by Gasteiger charge is -2.28. The number of allylic oxidation sites excluding steroid dienone is 4. The minimum Gasteiger partial charge on any atom is -0.756 e. The smallest absolute Gasteiger partial charge is 0.306 e. The Morgan fingerprint density at radius 1 is 0.383 bits per heavy atom. The number of hydrogen-bond donors (Lipinski definition) is 0. The van der Waals surface area contributed by atoms with Gasteiger partial charge < -0.3 is 27.9 Å². The second kappa shape index (κ2) is 63.0. The molecule has 480 valence electrons. The molecule has 0 aliphatic rings. The Labute approximate surface area is 504 Å². The van der Waals surface area contributed by atoms with Crippen molar-refractivity contribution in [1.82, 2.24) is 0 Å². The summed E-state index contributed by atoms with van der Waals surface area (Å²) in [5.74, 6) is -0.808. The summed E-state index contributed by atoms with van der Waals surface area (Å²) in [6.45, 7) is 4.31. The summed E-state index contributed by atoms with van der Waals surface area (Å²) in [7, 11) is 1.19. The number of rotatable bonds is 67. The fourth-order valence-electron chi connectivity index (χ4n) is 10.8. The SMILES string of the molecule is CCCCCCC/C=C\C/C=C\CCCCCCCCCCCCCCCCCCCCCCCCCCCC(=O)OC(COC(=O)CCCCCCCCCCCCCCCCCCCCCC)COP(=O)([O-])OCC[N+](C)(C)C. The first-order valence-electron chi connectivity index (χ1n) is 35.5. The molecule has 10 heteroatoms. The molecule has 81 heavy (non-hydrogen) atoms. The quantitative estimate of drug-likeness (QED) is 0.0195. The van der Waals surface area contributed by atoms with Crippen LogP contribution in [-0.4, -0.2) is 70.0 Å². The van der Waals surface area contributed by atoms with Crippen molar-refractivity contribution in [3.05, 3.63) is 24.3 Å². The van der Waals surface area contributed by atoms with E-state index < -0.39 is 26.5 Å². The van der Waals surface area contributed by atoms with Crippen molar-refractivity contribution in [2.24, 2.45) is 0 Å². The van der Waals surface area contributed by atoms with E-state index in [9.17, 15) is 19.0 Å². The molecular weight excluding hydrogens is 1030 g/mol. The first kappa shape index (κ1) is 79.5. The number of hydrogen-bond acceptors (Lipinski definition) is 8. The monoisotopic (exact) mass is 1160 g/mol. The van der Waals surface area contributed by atoms with E-state index in [1.54, 1.807) is 0 Å². The van der Waals surface area contributed by atoms with Gasteiger partial charge in [-0.2, -0.15) is 0 Å². The molecule has 0 aliphatic carbocycles. The maximum atomic E-state index is 12.9. The van der Waals surface area contributed by atoms with Crippen LogP contribution in [0.2, 0.25) is 0 Å². The molecule has 0 radical (unpaired) electrons. The Kier molecular flexibility index (Phi) is 61.8. The van der Waals surface area contributed by atoms with E-state index in [1.807, 2.05) is 21.1 Å². The predicted octanol–water partition coefficient (Wildman–Crippen LogP) is 22.3. The molecule has 0 aliphatic heterocycles. The zero-order chi connectivity index (χ0) is 59.1. The minimum absolute atomic E-state index is 0.0262. The van der Waals surface area contributed by atoms with Crippen molar-refractivity contribution < 1.29 is 42.1 Å². The molecule has 0 bridgehead atoms. The molecule has 0 amide bonds. The highest BCUT2D eigenvalue weighted by molar-refractivity contribution is 7.45. The van der Waals surface area contributed by atoms with Gasteiger partial charge in [-0.25, -0.2) is 0 Å². The number of phosphoric ester groups is 1. The Hall–Kier alpha value is -1.51. The summed E-state index contributed by atoms with van der Waals surface area (Å²) in [5, 5.41) is 0. The normalized spacial score (nSPS) is 13.2. The molecule has 0 saturated heterocycles. The van der Waals surface area contributed by atoms with Crippen LogP contribution in [0.5, 0.6) is 0 Å². The first-order valence-corrected chi connectivity index (χ1v) is 37.0. The van der Waals surface area contributed by atoms with Gasteiger partial charge in [0.05, 0.1) is 27.7 Å². The highest BCUT2D eigenvalue weighted by atomic mass is 31.2. The van der Waals surface area contributed by atoms with E-state index >= 15 is 0 Å². The van der Waals surface area contributed by atoms with Crippen LogP contribution in [0.15, 0.2) is 24.3 Å². The molecule has 0 aromatic rings. The van der Waals surface area contributed by atoms with Crippen molar-refractivity contribution in [2.75, 3.05) is 47.5 Å². The summed E-state index contributed by atoms with van der Waals surface area (Å²) < 4.78 is 34.3. The molecule has 2 unspecified atom stereocenters. The minimum atomic E-state index is -4.63. The average molecular weight is 1160 g/mol. The van der Waals surface area contributed by atoms with Crippen LogP contribution in [0.3, 0.4) is 0 Å². The Morgan fingerprint density at radius 3 is 0.975 bits per heavy atom. The van der Waals surface area contributed by atoms with Gasteiger partial charge in [-0.05, 0) is 44.9 Å². The Morgan fingerprint density at radius 2 is 0.667 bits per heavy atom. The Bertz CT molecular complexity index is 1420. The summed E-state index contributed by atoms with van der Waals surface area (Å²) in [4.78, 5) is 38.0. The number of ether oxygens (including phenoxy) is 2. The molecule has 0 spiro atoms. The van der Waals surface area contributed by atoms with Crippen LogP contribution in [0.4, 0.5) is 0 Å². The van der Waals surface area contributed by atoms with Crippen LogP contribution in [0.25, 0.3) is 0 Å². The zero-order valence-electron chi connectivity index (χ0n) is 54.8. The van der Waals surface area contributed by atoms with Crippen LogP contribution in [0.1, 0.15) is 367 Å². The number of unbranched alkanes of at least 4 members (excludes halogenated alkanes) is 49. The second-order valence-corrected chi connectivity index (χ2v) is 27.0. The van der Waals surface area contributed by atoms with E-state index in [-0.39, 0.29) is 32.0 Å². The van der Waals surface area contributed by atoms with Gasteiger partial charge in [-0.1, -0.05) is 334 Å². The van der Waals surface area contributed by atoms with E-state index in [0.717, 1.165) is 38.5 Å². The fraction of sp³-hybridized carbons (Fsp3) is 0.915. The largest absolute Gasteiger partial charge is 0.756 e. The van der Waals surface area contributed by atoms with Gasteiger partial charge in [0.2, 0.25) is 0 Å². The number of phosphoric acid groups is 1. The van der Waals surface area contributed by atoms with Gasteiger partial charge in [0.15, 0.2) is 6.10 Å². The molecule has 9 nitrogen and oxygen atoms in total. The standard InChI is InChI=1S/C71H138NO8P/c1-6-8-10-12-14-16-18-20-22-24-26-28-29-30-31-32-33-34-35-36-37-38-39-40-41-42-43-44-46-48-50-52-54-56-58-60-62-64-71(74)80-69(68-79-81(75,76)78-66-65-72(3,4)5)67-77-70(73)63-61-59-57-55-53-51-49-47-45-27-25-23-21-19-17-15-13-11-9-7-2/h18,20,24,26,69H,6-17,19,21-23,25,27-68H2,1-5H3/b20-18-,26-24-. The topological polar surface area (TPSA) is 111 Å². The van der Waals surface area contributed by atoms with E-state index in [0.29, 0.717) is 17.4 Å². The van der Waals surface area contributed by atoms with E-state index in [1.165, 1.54) is 295 Å².